The van der Waals surface area contributed by atoms with Gasteiger partial charge < -0.3 is 0 Å². The predicted octanol–water partition coefficient (Wildman–Crippen LogP) is 9.93. The first-order chi connectivity index (χ1) is 16.7. The molecule has 5 unspecified atom stereocenters. The Hall–Kier alpha value is -0.850. The van der Waals surface area contributed by atoms with Crippen LogP contribution in [0.15, 0.2) is 18.2 Å². The molecule has 1 heteroatoms. The van der Waals surface area contributed by atoms with Gasteiger partial charge in [-0.15, -0.1) is 0 Å². The number of halogens is 1. The zero-order chi connectivity index (χ0) is 23.3. The first-order valence-corrected chi connectivity index (χ1v) is 15.5. The summed E-state index contributed by atoms with van der Waals surface area (Å²) in [5.74, 6) is 7.01. The molecule has 34 heavy (non-hydrogen) atoms. The van der Waals surface area contributed by atoms with E-state index in [1.54, 1.807) is 50.7 Å². The van der Waals surface area contributed by atoms with E-state index in [2.05, 4.69) is 13.0 Å². The highest BCUT2D eigenvalue weighted by Gasteiger charge is 2.39. The van der Waals surface area contributed by atoms with Crippen molar-refractivity contribution in [1.82, 2.24) is 0 Å². The summed E-state index contributed by atoms with van der Waals surface area (Å²) in [5, 5.41) is 0. The molecule has 5 atom stereocenters. The maximum atomic E-state index is 13.6. The Balaban J connectivity index is 1.03. The minimum atomic E-state index is -0.0525. The molecular weight excluding hydrogens is 415 g/mol. The topological polar surface area (TPSA) is 0 Å². The van der Waals surface area contributed by atoms with Crippen LogP contribution in [0.25, 0.3) is 0 Å². The van der Waals surface area contributed by atoms with Crippen LogP contribution in [0.2, 0.25) is 0 Å². The van der Waals surface area contributed by atoms with E-state index in [9.17, 15) is 4.39 Å². The lowest BCUT2D eigenvalue weighted by Gasteiger charge is -2.46. The molecule has 4 aliphatic rings. The number of aryl methyl sites for hydroxylation is 1. The van der Waals surface area contributed by atoms with Crippen LogP contribution in [0.4, 0.5) is 4.39 Å². The third-order valence-corrected chi connectivity index (χ3v) is 11.1. The lowest BCUT2D eigenvalue weighted by molar-refractivity contribution is 0.0527. The van der Waals surface area contributed by atoms with Gasteiger partial charge in [-0.1, -0.05) is 57.9 Å². The van der Waals surface area contributed by atoms with Crippen LogP contribution in [-0.2, 0) is 12.8 Å². The van der Waals surface area contributed by atoms with Gasteiger partial charge in [0.1, 0.15) is 5.82 Å². The average Bonchev–Trinajstić information content (AvgIpc) is 2.88. The Labute approximate surface area is 209 Å². The summed E-state index contributed by atoms with van der Waals surface area (Å²) in [4.78, 5) is 0. The Bertz CT molecular complexity index is 760. The summed E-state index contributed by atoms with van der Waals surface area (Å²) in [6, 6.07) is 5.54. The van der Waals surface area contributed by atoms with Gasteiger partial charge in [0.15, 0.2) is 0 Å². The molecule has 0 bridgehead atoms. The van der Waals surface area contributed by atoms with E-state index in [4.69, 9.17) is 0 Å². The van der Waals surface area contributed by atoms with Crippen molar-refractivity contribution >= 4 is 0 Å². The van der Waals surface area contributed by atoms with Crippen molar-refractivity contribution < 1.29 is 4.39 Å². The van der Waals surface area contributed by atoms with Gasteiger partial charge in [0.2, 0.25) is 0 Å². The molecule has 3 fully saturated rings. The van der Waals surface area contributed by atoms with Crippen LogP contribution in [0.3, 0.4) is 0 Å². The Morgan fingerprint density at radius 3 is 2.09 bits per heavy atom. The second-order valence-corrected chi connectivity index (χ2v) is 13.1. The summed E-state index contributed by atoms with van der Waals surface area (Å²) in [5.41, 5.74) is 2.72. The van der Waals surface area contributed by atoms with Crippen molar-refractivity contribution in [2.45, 2.75) is 129 Å². The van der Waals surface area contributed by atoms with Crippen molar-refractivity contribution in [2.24, 2.45) is 41.4 Å². The summed E-state index contributed by atoms with van der Waals surface area (Å²) >= 11 is 0. The zero-order valence-corrected chi connectivity index (χ0v) is 22.1. The first-order valence-electron chi connectivity index (χ1n) is 15.5. The van der Waals surface area contributed by atoms with Crippen molar-refractivity contribution in [1.29, 1.82) is 0 Å². The van der Waals surface area contributed by atoms with Crippen LogP contribution < -0.4 is 0 Å². The van der Waals surface area contributed by atoms with E-state index in [-0.39, 0.29) is 5.82 Å². The normalized spacial score (nSPS) is 36.0. The maximum absolute atomic E-state index is 13.6. The molecule has 5 rings (SSSR count). The monoisotopic (exact) mass is 466 g/mol. The van der Waals surface area contributed by atoms with Crippen LogP contribution in [0.1, 0.15) is 127 Å². The van der Waals surface area contributed by atoms with Gasteiger partial charge >= 0.3 is 0 Å². The number of fused-ring (bicyclic) bond motifs is 2. The standard InChI is InChI=1S/C33H51F/c1-2-3-4-5-6-7-24-8-9-30-21-28(15-14-27(30)20-24)25-10-12-26(13-11-25)29-16-17-32-23-33(34)19-18-31(32)22-29/h18-19,23-30H,2-17,20-22H2,1H3. The van der Waals surface area contributed by atoms with Crippen LogP contribution in [-0.4, -0.2) is 0 Å². The highest BCUT2D eigenvalue weighted by atomic mass is 19.1. The van der Waals surface area contributed by atoms with Gasteiger partial charge in [-0.3, -0.25) is 0 Å². The van der Waals surface area contributed by atoms with Crippen molar-refractivity contribution in [3.63, 3.8) is 0 Å². The molecule has 0 amide bonds. The molecule has 0 nitrogen and oxygen atoms in total. The molecule has 0 radical (unpaired) electrons. The fourth-order valence-electron chi connectivity index (χ4n) is 8.99. The van der Waals surface area contributed by atoms with Gasteiger partial charge in [-0.25, -0.2) is 4.39 Å². The smallest absolute Gasteiger partial charge is 0.123 e. The molecule has 1 aromatic carbocycles. The number of benzene rings is 1. The highest BCUT2D eigenvalue weighted by Crippen LogP contribution is 2.50. The number of unbranched alkanes of at least 4 members (excludes halogenated alkanes) is 4. The number of hydrogen-bond acceptors (Lipinski definition) is 0. The van der Waals surface area contributed by atoms with Gasteiger partial charge in [0.25, 0.3) is 0 Å². The van der Waals surface area contributed by atoms with Crippen molar-refractivity contribution in [2.75, 3.05) is 0 Å². The highest BCUT2D eigenvalue weighted by molar-refractivity contribution is 5.30. The van der Waals surface area contributed by atoms with E-state index in [0.717, 1.165) is 47.8 Å². The van der Waals surface area contributed by atoms with E-state index in [1.807, 2.05) is 0 Å². The van der Waals surface area contributed by atoms with Gasteiger partial charge in [-0.05, 0) is 142 Å². The quantitative estimate of drug-likeness (QED) is 0.334. The molecule has 1 aromatic rings. The van der Waals surface area contributed by atoms with E-state index in [1.165, 1.54) is 88.2 Å². The Morgan fingerprint density at radius 2 is 1.29 bits per heavy atom. The first kappa shape index (κ1) is 24.8. The second kappa shape index (κ2) is 11.9. The van der Waals surface area contributed by atoms with Gasteiger partial charge in [0.05, 0.1) is 0 Å². The SMILES string of the molecule is CCCCCCCC1CCC2CC(C3CCC(C4CCc5cc(F)ccc5C4)CC3)CCC2C1. The maximum Gasteiger partial charge on any atom is 0.123 e. The fraction of sp³-hybridized carbons (Fsp3) is 0.818. The van der Waals surface area contributed by atoms with E-state index in [0.29, 0.717) is 0 Å². The lowest BCUT2D eigenvalue weighted by Crippen LogP contribution is -2.35. The third-order valence-electron chi connectivity index (χ3n) is 11.1. The number of rotatable bonds is 8. The summed E-state index contributed by atoms with van der Waals surface area (Å²) < 4.78 is 13.6. The molecule has 0 heterocycles. The van der Waals surface area contributed by atoms with E-state index < -0.39 is 0 Å². The molecule has 0 saturated heterocycles. The molecule has 0 aromatic heterocycles. The van der Waals surface area contributed by atoms with E-state index >= 15 is 0 Å². The lowest BCUT2D eigenvalue weighted by atomic mass is 9.60. The molecular formula is C33H51F. The molecule has 0 spiro atoms. The van der Waals surface area contributed by atoms with Crippen molar-refractivity contribution in [3.8, 4) is 0 Å². The third kappa shape index (κ3) is 6.10. The van der Waals surface area contributed by atoms with Gasteiger partial charge in [-0.2, -0.15) is 0 Å². The van der Waals surface area contributed by atoms with Crippen LogP contribution in [0, 0.1) is 47.2 Å². The Morgan fingerprint density at radius 1 is 0.647 bits per heavy atom. The molecule has 0 N–H and O–H groups in total. The molecule has 190 valence electrons. The average molecular weight is 467 g/mol. The number of hydrogen-bond donors (Lipinski definition) is 0. The fourth-order valence-corrected chi connectivity index (χ4v) is 8.99. The Kier molecular flexibility index (Phi) is 8.71. The molecule has 0 aliphatic heterocycles. The van der Waals surface area contributed by atoms with Gasteiger partial charge in [0, 0.05) is 0 Å². The second-order valence-electron chi connectivity index (χ2n) is 13.1. The summed E-state index contributed by atoms with van der Waals surface area (Å²) in [6.45, 7) is 2.32. The van der Waals surface area contributed by atoms with Crippen LogP contribution >= 0.6 is 0 Å². The zero-order valence-electron chi connectivity index (χ0n) is 22.1. The predicted molar refractivity (Wildman–Crippen MR) is 142 cm³/mol. The van der Waals surface area contributed by atoms with Crippen LogP contribution in [0.5, 0.6) is 0 Å². The summed E-state index contributed by atoms with van der Waals surface area (Å²) in [7, 11) is 0. The summed E-state index contributed by atoms with van der Waals surface area (Å²) in [6.07, 6.45) is 27.7. The minimum absolute atomic E-state index is 0.0525. The molecule has 4 aliphatic carbocycles. The molecule has 3 saturated carbocycles. The largest absolute Gasteiger partial charge is 0.207 e. The minimum Gasteiger partial charge on any atom is -0.207 e. The van der Waals surface area contributed by atoms with Crippen molar-refractivity contribution in [3.05, 3.63) is 35.1 Å².